The van der Waals surface area contributed by atoms with E-state index in [0.717, 1.165) is 5.52 Å². The zero-order chi connectivity index (χ0) is 10.8. The van der Waals surface area contributed by atoms with Gasteiger partial charge in [-0.1, -0.05) is 18.2 Å². The van der Waals surface area contributed by atoms with E-state index >= 15 is 0 Å². The van der Waals surface area contributed by atoms with Gasteiger partial charge in [-0.3, -0.25) is 4.98 Å². The fourth-order valence-corrected chi connectivity index (χ4v) is 3.24. The van der Waals surface area contributed by atoms with Crippen LogP contribution in [-0.4, -0.2) is 22.5 Å². The standard InChI is InChI=1S/C13H14N2S/c1-3-10-4-2-7-14-13(10)12(5-1)15-11-6-8-16-9-11/h1-5,7,11,15H,6,8-9H2. The average molecular weight is 230 g/mol. The third-order valence-corrected chi connectivity index (χ3v) is 4.08. The van der Waals surface area contributed by atoms with Gasteiger partial charge in [0.25, 0.3) is 0 Å². The Morgan fingerprint density at radius 2 is 2.19 bits per heavy atom. The molecule has 0 aliphatic carbocycles. The highest BCUT2D eigenvalue weighted by atomic mass is 32.2. The normalized spacial score (nSPS) is 20.1. The van der Waals surface area contributed by atoms with Gasteiger partial charge in [-0.2, -0.15) is 11.8 Å². The van der Waals surface area contributed by atoms with Crippen LogP contribution in [0.4, 0.5) is 5.69 Å². The molecule has 1 aromatic heterocycles. The van der Waals surface area contributed by atoms with Crippen LogP contribution in [0.2, 0.25) is 0 Å². The largest absolute Gasteiger partial charge is 0.380 e. The number of rotatable bonds is 2. The number of nitrogens with one attached hydrogen (secondary N) is 1. The van der Waals surface area contributed by atoms with Crippen LogP contribution in [0.25, 0.3) is 10.9 Å². The molecule has 1 saturated heterocycles. The fraction of sp³-hybridized carbons (Fsp3) is 0.308. The Kier molecular flexibility index (Phi) is 2.70. The van der Waals surface area contributed by atoms with Crippen molar-refractivity contribution in [3.63, 3.8) is 0 Å². The number of benzene rings is 1. The summed E-state index contributed by atoms with van der Waals surface area (Å²) in [6.45, 7) is 0. The number of hydrogen-bond donors (Lipinski definition) is 1. The van der Waals surface area contributed by atoms with Crippen molar-refractivity contribution in [3.05, 3.63) is 36.5 Å². The first kappa shape index (κ1) is 9.97. The minimum Gasteiger partial charge on any atom is -0.380 e. The van der Waals surface area contributed by atoms with Crippen molar-refractivity contribution in [2.45, 2.75) is 12.5 Å². The van der Waals surface area contributed by atoms with Crippen molar-refractivity contribution >= 4 is 28.4 Å². The van der Waals surface area contributed by atoms with Gasteiger partial charge in [0.1, 0.15) is 0 Å². The molecule has 1 atom stereocenters. The van der Waals surface area contributed by atoms with E-state index in [0.29, 0.717) is 6.04 Å². The van der Waals surface area contributed by atoms with Gasteiger partial charge in [0.2, 0.25) is 0 Å². The van der Waals surface area contributed by atoms with E-state index in [1.807, 2.05) is 24.0 Å². The summed E-state index contributed by atoms with van der Waals surface area (Å²) in [7, 11) is 0. The summed E-state index contributed by atoms with van der Waals surface area (Å²) in [6.07, 6.45) is 3.12. The lowest BCUT2D eigenvalue weighted by molar-refractivity contribution is 0.814. The predicted molar refractivity (Wildman–Crippen MR) is 71.1 cm³/mol. The Labute approximate surface area is 99.5 Å². The van der Waals surface area contributed by atoms with Crippen molar-refractivity contribution in [3.8, 4) is 0 Å². The third-order valence-electron chi connectivity index (χ3n) is 2.92. The number of thioether (sulfide) groups is 1. The molecule has 82 valence electrons. The van der Waals surface area contributed by atoms with Crippen LogP contribution < -0.4 is 5.32 Å². The zero-order valence-electron chi connectivity index (χ0n) is 9.02. The van der Waals surface area contributed by atoms with Gasteiger partial charge < -0.3 is 5.32 Å². The van der Waals surface area contributed by atoms with Crippen LogP contribution in [0.15, 0.2) is 36.5 Å². The minimum atomic E-state index is 0.609. The van der Waals surface area contributed by atoms with Gasteiger partial charge in [-0.15, -0.1) is 0 Å². The Morgan fingerprint density at radius 1 is 1.25 bits per heavy atom. The van der Waals surface area contributed by atoms with Gasteiger partial charge in [-0.25, -0.2) is 0 Å². The molecule has 3 heteroatoms. The maximum atomic E-state index is 4.45. The van der Waals surface area contributed by atoms with Crippen molar-refractivity contribution in [1.29, 1.82) is 0 Å². The van der Waals surface area contributed by atoms with Gasteiger partial charge in [0.05, 0.1) is 11.2 Å². The van der Waals surface area contributed by atoms with Gasteiger partial charge in [0, 0.05) is 23.4 Å². The predicted octanol–water partition coefficient (Wildman–Crippen LogP) is 3.15. The molecule has 0 radical (unpaired) electrons. The lowest BCUT2D eigenvalue weighted by atomic mass is 10.1. The third kappa shape index (κ3) is 1.87. The van der Waals surface area contributed by atoms with E-state index in [1.165, 1.54) is 29.0 Å². The number of hydrogen-bond acceptors (Lipinski definition) is 3. The number of fused-ring (bicyclic) bond motifs is 1. The van der Waals surface area contributed by atoms with E-state index in [2.05, 4.69) is 34.6 Å². The van der Waals surface area contributed by atoms with E-state index < -0.39 is 0 Å². The van der Waals surface area contributed by atoms with Crippen LogP contribution in [0.5, 0.6) is 0 Å². The topological polar surface area (TPSA) is 24.9 Å². The van der Waals surface area contributed by atoms with Gasteiger partial charge in [0.15, 0.2) is 0 Å². The lowest BCUT2D eigenvalue weighted by Gasteiger charge is -2.14. The van der Waals surface area contributed by atoms with Crippen molar-refractivity contribution in [2.75, 3.05) is 16.8 Å². The summed E-state index contributed by atoms with van der Waals surface area (Å²) in [6, 6.07) is 11.0. The highest BCUT2D eigenvalue weighted by molar-refractivity contribution is 7.99. The summed E-state index contributed by atoms with van der Waals surface area (Å²) >= 11 is 2.02. The fourth-order valence-electron chi connectivity index (χ4n) is 2.09. The molecule has 1 unspecified atom stereocenters. The molecule has 2 heterocycles. The molecule has 16 heavy (non-hydrogen) atoms. The molecular weight excluding hydrogens is 216 g/mol. The number of anilines is 1. The van der Waals surface area contributed by atoms with E-state index in [4.69, 9.17) is 0 Å². The maximum Gasteiger partial charge on any atom is 0.0933 e. The monoisotopic (exact) mass is 230 g/mol. The Morgan fingerprint density at radius 3 is 3.06 bits per heavy atom. The van der Waals surface area contributed by atoms with Crippen molar-refractivity contribution in [1.82, 2.24) is 4.98 Å². The highest BCUT2D eigenvalue weighted by Crippen LogP contribution is 2.25. The van der Waals surface area contributed by atoms with Gasteiger partial charge >= 0.3 is 0 Å². The molecule has 2 nitrogen and oxygen atoms in total. The molecule has 3 rings (SSSR count). The average Bonchev–Trinajstić information content (AvgIpc) is 2.82. The number of nitrogens with zero attached hydrogens (tertiary/aromatic N) is 1. The first-order valence-corrected chi connectivity index (χ1v) is 6.77. The Bertz CT molecular complexity index is 487. The lowest BCUT2D eigenvalue weighted by Crippen LogP contribution is -2.18. The van der Waals surface area contributed by atoms with Crippen LogP contribution in [0.1, 0.15) is 6.42 Å². The number of aromatic nitrogens is 1. The van der Waals surface area contributed by atoms with E-state index in [9.17, 15) is 0 Å². The molecule has 1 fully saturated rings. The molecule has 2 aromatic rings. The molecule has 1 aromatic carbocycles. The van der Waals surface area contributed by atoms with E-state index in [1.54, 1.807) is 0 Å². The first-order valence-electron chi connectivity index (χ1n) is 5.61. The Balaban J connectivity index is 1.96. The number of para-hydroxylation sites is 1. The van der Waals surface area contributed by atoms with E-state index in [-0.39, 0.29) is 0 Å². The quantitative estimate of drug-likeness (QED) is 0.858. The molecule has 1 aliphatic rings. The second kappa shape index (κ2) is 4.34. The van der Waals surface area contributed by atoms with Crippen LogP contribution >= 0.6 is 11.8 Å². The zero-order valence-corrected chi connectivity index (χ0v) is 9.83. The highest BCUT2D eigenvalue weighted by Gasteiger charge is 2.15. The molecular formula is C13H14N2S. The molecule has 1 N–H and O–H groups in total. The van der Waals surface area contributed by atoms with Gasteiger partial charge in [-0.05, 0) is 24.3 Å². The summed E-state index contributed by atoms with van der Waals surface area (Å²) in [5.74, 6) is 2.49. The molecule has 0 bridgehead atoms. The summed E-state index contributed by atoms with van der Waals surface area (Å²) in [5.41, 5.74) is 2.26. The SMILES string of the molecule is c1cnc2c(NC3CCSC3)cccc2c1. The molecule has 1 aliphatic heterocycles. The molecule has 0 amide bonds. The minimum absolute atomic E-state index is 0.609. The van der Waals surface area contributed by atoms with Crippen LogP contribution in [0.3, 0.4) is 0 Å². The molecule has 0 spiro atoms. The summed E-state index contributed by atoms with van der Waals surface area (Å²) in [4.78, 5) is 4.45. The molecule has 0 saturated carbocycles. The van der Waals surface area contributed by atoms with Crippen molar-refractivity contribution < 1.29 is 0 Å². The second-order valence-corrected chi connectivity index (χ2v) is 5.24. The van der Waals surface area contributed by atoms with Crippen molar-refractivity contribution in [2.24, 2.45) is 0 Å². The maximum absolute atomic E-state index is 4.45. The summed E-state index contributed by atoms with van der Waals surface area (Å²) < 4.78 is 0. The Hall–Kier alpha value is -1.22. The first-order chi connectivity index (χ1) is 7.93. The summed E-state index contributed by atoms with van der Waals surface area (Å²) in [5, 5.41) is 4.81. The van der Waals surface area contributed by atoms with Crippen LogP contribution in [-0.2, 0) is 0 Å². The smallest absolute Gasteiger partial charge is 0.0933 e. The number of pyridine rings is 1. The second-order valence-electron chi connectivity index (χ2n) is 4.09. The van der Waals surface area contributed by atoms with Crippen LogP contribution in [0, 0.1) is 0 Å².